The first-order chi connectivity index (χ1) is 9.90. The maximum Gasteiger partial charge on any atom is 0.265 e. The van der Waals surface area contributed by atoms with Crippen molar-refractivity contribution in [3.63, 3.8) is 0 Å². The Morgan fingerprint density at radius 2 is 2.14 bits per heavy atom. The zero-order chi connectivity index (χ0) is 15.5. The highest BCUT2D eigenvalue weighted by molar-refractivity contribution is 7.93. The maximum atomic E-state index is 12.2. The Morgan fingerprint density at radius 1 is 1.38 bits per heavy atom. The van der Waals surface area contributed by atoms with Gasteiger partial charge in [0.2, 0.25) is 5.13 Å². The van der Waals surface area contributed by atoms with Gasteiger partial charge in [-0.15, -0.1) is 10.2 Å². The summed E-state index contributed by atoms with van der Waals surface area (Å²) in [6, 6.07) is 1.94. The molecule has 116 valence electrons. The number of sulfonamides is 1. The molecule has 21 heavy (non-hydrogen) atoms. The van der Waals surface area contributed by atoms with Crippen LogP contribution in [0.25, 0.3) is 0 Å². The Hall–Kier alpha value is -1.45. The number of aryl methyl sites for hydroxylation is 1. The number of nitrogens with one attached hydrogen (secondary N) is 3. The molecule has 0 bridgehead atoms. The number of anilines is 1. The zero-order valence-electron chi connectivity index (χ0n) is 12.2. The molecule has 0 radical (unpaired) electrons. The summed E-state index contributed by atoms with van der Waals surface area (Å²) >= 11 is 1.24. The molecular formula is C12H19N5O2S2. The third-order valence-corrected chi connectivity index (χ3v) is 5.15. The second-order valence-corrected chi connectivity index (χ2v) is 7.60. The van der Waals surface area contributed by atoms with E-state index in [2.05, 4.69) is 25.2 Å². The molecule has 2 aromatic heterocycles. The van der Waals surface area contributed by atoms with E-state index in [9.17, 15) is 8.42 Å². The van der Waals surface area contributed by atoms with Crippen molar-refractivity contribution in [1.82, 2.24) is 20.5 Å². The molecule has 9 heteroatoms. The van der Waals surface area contributed by atoms with Crippen LogP contribution in [0.3, 0.4) is 0 Å². The topological polar surface area (TPSA) is 99.8 Å². The van der Waals surface area contributed by atoms with Gasteiger partial charge in [0.25, 0.3) is 10.0 Å². The predicted octanol–water partition coefficient (Wildman–Crippen LogP) is 1.73. The smallest absolute Gasteiger partial charge is 0.265 e. The summed E-state index contributed by atoms with van der Waals surface area (Å²) in [7, 11) is -3.63. The standard InChI is InChI=1S/C12H19N5O2S2/c1-4-11-15-16-12(20-11)17-21(18,19)10-5-9(14-7-10)6-13-8(2)3/h5,7-8,13-14H,4,6H2,1-3H3,(H,16,17). The molecule has 7 nitrogen and oxygen atoms in total. The molecule has 0 saturated carbocycles. The van der Waals surface area contributed by atoms with E-state index >= 15 is 0 Å². The summed E-state index contributed by atoms with van der Waals surface area (Å²) in [6.45, 7) is 6.59. The van der Waals surface area contributed by atoms with Crippen LogP contribution in [0.2, 0.25) is 0 Å². The Morgan fingerprint density at radius 3 is 2.76 bits per heavy atom. The lowest BCUT2D eigenvalue weighted by atomic mass is 10.3. The second kappa shape index (κ2) is 6.54. The molecule has 0 amide bonds. The number of hydrogen-bond acceptors (Lipinski definition) is 6. The molecule has 3 N–H and O–H groups in total. The normalized spacial score (nSPS) is 12.0. The van der Waals surface area contributed by atoms with Crippen molar-refractivity contribution in [3.8, 4) is 0 Å². The SMILES string of the molecule is CCc1nnc(NS(=O)(=O)c2c[nH]c(CNC(C)C)c2)s1. The molecule has 0 spiro atoms. The molecule has 0 aliphatic carbocycles. The third kappa shape index (κ3) is 4.26. The monoisotopic (exact) mass is 329 g/mol. The van der Waals surface area contributed by atoms with E-state index in [1.54, 1.807) is 6.07 Å². The first-order valence-corrected chi connectivity index (χ1v) is 8.96. The molecule has 2 aromatic rings. The van der Waals surface area contributed by atoms with Gasteiger partial charge in [-0.2, -0.15) is 0 Å². The Balaban J connectivity index is 2.08. The van der Waals surface area contributed by atoms with Gasteiger partial charge in [-0.25, -0.2) is 8.42 Å². The summed E-state index contributed by atoms with van der Waals surface area (Å²) in [5.41, 5.74) is 0.815. The average molecular weight is 329 g/mol. The Kier molecular flexibility index (Phi) is 4.96. The van der Waals surface area contributed by atoms with Crippen LogP contribution in [0.1, 0.15) is 31.5 Å². The lowest BCUT2D eigenvalue weighted by molar-refractivity contribution is 0.582. The highest BCUT2D eigenvalue weighted by Gasteiger charge is 2.18. The summed E-state index contributed by atoms with van der Waals surface area (Å²) in [5.74, 6) is 0. The van der Waals surface area contributed by atoms with Crippen molar-refractivity contribution in [2.45, 2.75) is 44.7 Å². The van der Waals surface area contributed by atoms with Crippen LogP contribution >= 0.6 is 11.3 Å². The van der Waals surface area contributed by atoms with Gasteiger partial charge in [0.1, 0.15) is 9.90 Å². The highest BCUT2D eigenvalue weighted by atomic mass is 32.2. The van der Waals surface area contributed by atoms with Crippen molar-refractivity contribution in [3.05, 3.63) is 23.0 Å². The van der Waals surface area contributed by atoms with Crippen LogP contribution in [-0.4, -0.2) is 29.6 Å². The molecule has 0 unspecified atom stereocenters. The molecule has 2 rings (SSSR count). The summed E-state index contributed by atoms with van der Waals surface area (Å²) in [6.07, 6.45) is 2.20. The number of aromatic amines is 1. The minimum absolute atomic E-state index is 0.191. The lowest BCUT2D eigenvalue weighted by Gasteiger charge is -2.05. The largest absolute Gasteiger partial charge is 0.363 e. The fourth-order valence-electron chi connectivity index (χ4n) is 1.60. The van der Waals surface area contributed by atoms with E-state index in [4.69, 9.17) is 0 Å². The molecule has 0 atom stereocenters. The van der Waals surface area contributed by atoms with Crippen molar-refractivity contribution in [2.75, 3.05) is 4.72 Å². The van der Waals surface area contributed by atoms with Crippen molar-refractivity contribution in [1.29, 1.82) is 0 Å². The van der Waals surface area contributed by atoms with E-state index < -0.39 is 10.0 Å². The number of rotatable bonds is 7. The summed E-state index contributed by atoms with van der Waals surface area (Å²) < 4.78 is 26.9. The quantitative estimate of drug-likeness (QED) is 0.718. The Labute approximate surface area is 128 Å². The molecule has 0 aliphatic rings. The van der Waals surface area contributed by atoms with E-state index in [1.807, 2.05) is 20.8 Å². The van der Waals surface area contributed by atoms with Crippen LogP contribution in [0, 0.1) is 0 Å². The summed E-state index contributed by atoms with van der Waals surface area (Å²) in [4.78, 5) is 3.15. The van der Waals surface area contributed by atoms with Gasteiger partial charge in [0, 0.05) is 24.5 Å². The van der Waals surface area contributed by atoms with E-state index in [0.717, 1.165) is 17.1 Å². The second-order valence-electron chi connectivity index (χ2n) is 4.86. The number of aromatic nitrogens is 3. The van der Waals surface area contributed by atoms with Gasteiger partial charge in [0.15, 0.2) is 0 Å². The van der Waals surface area contributed by atoms with Gasteiger partial charge in [-0.1, -0.05) is 32.1 Å². The van der Waals surface area contributed by atoms with Crippen LogP contribution in [-0.2, 0) is 23.0 Å². The van der Waals surface area contributed by atoms with Crippen LogP contribution in [0.15, 0.2) is 17.2 Å². The van der Waals surface area contributed by atoms with E-state index in [-0.39, 0.29) is 10.0 Å². The number of H-pyrrole nitrogens is 1. The lowest BCUT2D eigenvalue weighted by Crippen LogP contribution is -2.21. The van der Waals surface area contributed by atoms with Crippen LogP contribution in [0.5, 0.6) is 0 Å². The molecule has 0 fully saturated rings. The first kappa shape index (κ1) is 15.9. The fourth-order valence-corrected chi connectivity index (χ4v) is 3.53. The molecule has 0 aromatic carbocycles. The van der Waals surface area contributed by atoms with Crippen molar-refractivity contribution in [2.24, 2.45) is 0 Å². The van der Waals surface area contributed by atoms with E-state index in [0.29, 0.717) is 12.6 Å². The van der Waals surface area contributed by atoms with Gasteiger partial charge >= 0.3 is 0 Å². The zero-order valence-corrected chi connectivity index (χ0v) is 13.8. The van der Waals surface area contributed by atoms with Crippen molar-refractivity contribution >= 4 is 26.5 Å². The minimum Gasteiger partial charge on any atom is -0.363 e. The van der Waals surface area contributed by atoms with Gasteiger partial charge in [-0.05, 0) is 12.5 Å². The van der Waals surface area contributed by atoms with Gasteiger partial charge in [0.05, 0.1) is 0 Å². The van der Waals surface area contributed by atoms with Crippen LogP contribution < -0.4 is 10.0 Å². The molecule has 0 saturated heterocycles. The highest BCUT2D eigenvalue weighted by Crippen LogP contribution is 2.20. The molecular weight excluding hydrogens is 310 g/mol. The van der Waals surface area contributed by atoms with Gasteiger partial charge < -0.3 is 10.3 Å². The predicted molar refractivity (Wildman–Crippen MR) is 82.9 cm³/mol. The van der Waals surface area contributed by atoms with E-state index in [1.165, 1.54) is 17.5 Å². The fraction of sp³-hybridized carbons (Fsp3) is 0.500. The molecule has 0 aliphatic heterocycles. The minimum atomic E-state index is -3.63. The summed E-state index contributed by atoms with van der Waals surface area (Å²) in [5, 5.41) is 12.0. The first-order valence-electron chi connectivity index (χ1n) is 6.66. The number of nitrogens with zero attached hydrogens (tertiary/aromatic N) is 2. The van der Waals surface area contributed by atoms with Crippen molar-refractivity contribution < 1.29 is 8.42 Å². The molecule has 2 heterocycles. The Bertz CT molecular complexity index is 690. The average Bonchev–Trinajstić information content (AvgIpc) is 3.04. The van der Waals surface area contributed by atoms with Crippen LogP contribution in [0.4, 0.5) is 5.13 Å². The number of hydrogen-bond donors (Lipinski definition) is 3. The van der Waals surface area contributed by atoms with Gasteiger partial charge in [-0.3, -0.25) is 4.72 Å². The maximum absolute atomic E-state index is 12.2. The third-order valence-electron chi connectivity index (χ3n) is 2.72.